The third-order valence-electron chi connectivity index (χ3n) is 5.70. The Balaban J connectivity index is 1.55. The first-order valence-corrected chi connectivity index (χ1v) is 10.9. The summed E-state index contributed by atoms with van der Waals surface area (Å²) in [4.78, 5) is 47.5. The number of anilines is 3. The van der Waals surface area contributed by atoms with Crippen LogP contribution in [0.2, 0.25) is 0 Å². The van der Waals surface area contributed by atoms with E-state index in [1.165, 1.54) is 0 Å². The van der Waals surface area contributed by atoms with Crippen LogP contribution >= 0.6 is 0 Å². The van der Waals surface area contributed by atoms with Gasteiger partial charge in [0.15, 0.2) is 0 Å². The number of amides is 2. The minimum absolute atomic E-state index is 0.119. The molecule has 1 saturated heterocycles. The molecule has 1 unspecified atom stereocenters. The van der Waals surface area contributed by atoms with Gasteiger partial charge in [-0.2, -0.15) is 4.98 Å². The molecule has 1 atom stereocenters. The molecular weight excluding hydrogens is 410 g/mol. The number of ether oxygens (including phenoxy) is 1. The van der Waals surface area contributed by atoms with Gasteiger partial charge in [-0.1, -0.05) is 6.58 Å². The minimum atomic E-state index is -0.927. The molecule has 0 spiro atoms. The molecule has 32 heavy (non-hydrogen) atoms. The second-order valence-electron chi connectivity index (χ2n) is 7.93. The number of rotatable bonds is 6. The van der Waals surface area contributed by atoms with Crippen molar-refractivity contribution in [3.05, 3.63) is 52.3 Å². The molecule has 0 bridgehead atoms. The summed E-state index contributed by atoms with van der Waals surface area (Å²) in [7, 11) is 0. The average molecular weight is 438 g/mol. The average Bonchev–Trinajstić information content (AvgIpc) is 2.79. The maximum atomic E-state index is 13.0. The maximum Gasteiger partial charge on any atom is 0.258 e. The molecular formula is C23H27N5O4. The zero-order valence-corrected chi connectivity index (χ0v) is 18.1. The molecule has 2 aliphatic heterocycles. The van der Waals surface area contributed by atoms with Crippen LogP contribution in [0.5, 0.6) is 0 Å². The van der Waals surface area contributed by atoms with Crippen molar-refractivity contribution in [3.8, 4) is 0 Å². The molecule has 1 aromatic heterocycles. The lowest BCUT2D eigenvalue weighted by atomic mass is 9.92. The van der Waals surface area contributed by atoms with Crippen molar-refractivity contribution in [2.45, 2.75) is 38.5 Å². The van der Waals surface area contributed by atoms with Crippen LogP contribution in [0.25, 0.3) is 5.76 Å². The molecule has 3 N–H and O–H groups in total. The second-order valence-corrected chi connectivity index (χ2v) is 7.93. The van der Waals surface area contributed by atoms with E-state index >= 15 is 0 Å². The SMILES string of the molecule is C=C(OCC)c1ccc(NC(=O)C2CC(=O)Nc3nc(N4CCCCC4)[nH]c(=O)c32)cc1. The van der Waals surface area contributed by atoms with Crippen molar-refractivity contribution in [3.63, 3.8) is 0 Å². The lowest BCUT2D eigenvalue weighted by Crippen LogP contribution is -2.38. The maximum absolute atomic E-state index is 13.0. The van der Waals surface area contributed by atoms with E-state index in [2.05, 4.69) is 27.2 Å². The summed E-state index contributed by atoms with van der Waals surface area (Å²) in [5, 5.41) is 5.46. The molecule has 1 aromatic carbocycles. The van der Waals surface area contributed by atoms with E-state index in [4.69, 9.17) is 4.74 Å². The molecule has 4 rings (SSSR count). The largest absolute Gasteiger partial charge is 0.494 e. The van der Waals surface area contributed by atoms with Gasteiger partial charge in [-0.05, 0) is 50.5 Å². The summed E-state index contributed by atoms with van der Waals surface area (Å²) in [6, 6.07) is 7.02. The van der Waals surface area contributed by atoms with E-state index in [1.54, 1.807) is 24.3 Å². The fraction of sp³-hybridized carbons (Fsp3) is 0.391. The molecule has 2 aliphatic rings. The zero-order valence-electron chi connectivity index (χ0n) is 18.1. The van der Waals surface area contributed by atoms with Gasteiger partial charge >= 0.3 is 0 Å². The Hall–Kier alpha value is -3.62. The van der Waals surface area contributed by atoms with Gasteiger partial charge in [-0.15, -0.1) is 0 Å². The number of aromatic nitrogens is 2. The van der Waals surface area contributed by atoms with Crippen molar-refractivity contribution in [1.82, 2.24) is 9.97 Å². The third kappa shape index (κ3) is 4.51. The first-order valence-electron chi connectivity index (χ1n) is 10.9. The Bertz CT molecular complexity index is 1090. The quantitative estimate of drug-likeness (QED) is 0.599. The molecule has 168 valence electrons. The third-order valence-corrected chi connectivity index (χ3v) is 5.70. The minimum Gasteiger partial charge on any atom is -0.494 e. The van der Waals surface area contributed by atoms with Crippen LogP contribution in [0.15, 0.2) is 35.6 Å². The molecule has 0 saturated carbocycles. The van der Waals surface area contributed by atoms with Gasteiger partial charge < -0.3 is 20.3 Å². The molecule has 1 fully saturated rings. The van der Waals surface area contributed by atoms with E-state index in [1.807, 2.05) is 11.8 Å². The highest BCUT2D eigenvalue weighted by Gasteiger charge is 2.35. The van der Waals surface area contributed by atoms with E-state index in [-0.39, 0.29) is 23.7 Å². The Morgan fingerprint density at radius 1 is 1.22 bits per heavy atom. The van der Waals surface area contributed by atoms with E-state index in [0.717, 1.165) is 37.9 Å². The number of aromatic amines is 1. The number of hydrogen-bond donors (Lipinski definition) is 3. The first kappa shape index (κ1) is 21.6. The summed E-state index contributed by atoms with van der Waals surface area (Å²) < 4.78 is 5.39. The highest BCUT2D eigenvalue weighted by molar-refractivity contribution is 6.04. The van der Waals surface area contributed by atoms with Crippen molar-refractivity contribution in [2.24, 2.45) is 0 Å². The fourth-order valence-electron chi connectivity index (χ4n) is 4.07. The van der Waals surface area contributed by atoms with Crippen molar-refractivity contribution >= 4 is 35.0 Å². The fourth-order valence-corrected chi connectivity index (χ4v) is 4.07. The number of H-pyrrole nitrogens is 1. The first-order chi connectivity index (χ1) is 15.5. The number of carbonyl (C=O) groups is 2. The van der Waals surface area contributed by atoms with Crippen LogP contribution in [0.1, 0.15) is 49.7 Å². The van der Waals surface area contributed by atoms with Crippen molar-refractivity contribution in [1.29, 1.82) is 0 Å². The van der Waals surface area contributed by atoms with Crippen molar-refractivity contribution in [2.75, 3.05) is 35.2 Å². The molecule has 9 heteroatoms. The Morgan fingerprint density at radius 3 is 2.62 bits per heavy atom. The second kappa shape index (κ2) is 9.25. The predicted octanol–water partition coefficient (Wildman–Crippen LogP) is 2.83. The van der Waals surface area contributed by atoms with Crippen LogP contribution in [-0.4, -0.2) is 41.5 Å². The van der Waals surface area contributed by atoms with Crippen molar-refractivity contribution < 1.29 is 14.3 Å². The van der Waals surface area contributed by atoms with Crippen LogP contribution in [0.4, 0.5) is 17.5 Å². The van der Waals surface area contributed by atoms with E-state index < -0.39 is 17.4 Å². The Morgan fingerprint density at radius 2 is 1.94 bits per heavy atom. The number of hydrogen-bond acceptors (Lipinski definition) is 6. The standard InChI is InChI=1S/C23H27N5O4/c1-3-32-14(2)15-7-9-16(10-8-15)24-21(30)17-13-18(29)25-20-19(17)22(31)27-23(26-20)28-11-5-4-6-12-28/h7-10,17H,2-6,11-13H2,1H3,(H,24,30)(H2,25,26,27,29,31). The number of fused-ring (bicyclic) bond motifs is 1. The lowest BCUT2D eigenvalue weighted by molar-refractivity contribution is -0.123. The number of piperidine rings is 1. The number of nitrogens with one attached hydrogen (secondary N) is 3. The summed E-state index contributed by atoms with van der Waals surface area (Å²) >= 11 is 0. The smallest absolute Gasteiger partial charge is 0.258 e. The molecule has 2 amide bonds. The number of benzene rings is 1. The van der Waals surface area contributed by atoms with Gasteiger partial charge in [-0.25, -0.2) is 0 Å². The van der Waals surface area contributed by atoms with Crippen LogP contribution in [0.3, 0.4) is 0 Å². The van der Waals surface area contributed by atoms with Gasteiger partial charge in [0.2, 0.25) is 17.8 Å². The summed E-state index contributed by atoms with van der Waals surface area (Å²) in [5.41, 5.74) is 1.13. The van der Waals surface area contributed by atoms with Gasteiger partial charge in [0, 0.05) is 30.8 Å². The molecule has 2 aromatic rings. The number of carbonyl (C=O) groups excluding carboxylic acids is 2. The molecule has 0 radical (unpaired) electrons. The topological polar surface area (TPSA) is 116 Å². The zero-order chi connectivity index (χ0) is 22.7. The normalized spacial score (nSPS) is 17.8. The Kier molecular flexibility index (Phi) is 6.25. The number of nitrogens with zero attached hydrogens (tertiary/aromatic N) is 2. The van der Waals surface area contributed by atoms with Crippen LogP contribution in [0, 0.1) is 0 Å². The van der Waals surface area contributed by atoms with Gasteiger partial charge in [0.05, 0.1) is 18.1 Å². The van der Waals surface area contributed by atoms with Crippen LogP contribution in [-0.2, 0) is 14.3 Å². The van der Waals surface area contributed by atoms with E-state index in [0.29, 0.717) is 24.0 Å². The summed E-state index contributed by atoms with van der Waals surface area (Å²) in [6.07, 6.45) is 3.07. The van der Waals surface area contributed by atoms with Crippen LogP contribution < -0.4 is 21.1 Å². The summed E-state index contributed by atoms with van der Waals surface area (Å²) in [5.74, 6) is -0.568. The van der Waals surface area contributed by atoms with Gasteiger partial charge in [-0.3, -0.25) is 19.4 Å². The molecule has 3 heterocycles. The monoisotopic (exact) mass is 437 g/mol. The Labute approximate surface area is 185 Å². The van der Waals surface area contributed by atoms with Gasteiger partial charge in [0.1, 0.15) is 11.6 Å². The highest BCUT2D eigenvalue weighted by Crippen LogP contribution is 2.30. The van der Waals surface area contributed by atoms with E-state index in [9.17, 15) is 14.4 Å². The predicted molar refractivity (Wildman–Crippen MR) is 123 cm³/mol. The summed E-state index contributed by atoms with van der Waals surface area (Å²) in [6.45, 7) is 7.85. The lowest BCUT2D eigenvalue weighted by Gasteiger charge is -2.29. The molecule has 0 aliphatic carbocycles. The molecule has 9 nitrogen and oxygen atoms in total. The highest BCUT2D eigenvalue weighted by atomic mass is 16.5. The van der Waals surface area contributed by atoms with Gasteiger partial charge in [0.25, 0.3) is 5.56 Å².